The van der Waals surface area contributed by atoms with Gasteiger partial charge >= 0.3 is 0 Å². The Labute approximate surface area is 187 Å². The maximum Gasteiger partial charge on any atom is -0.0129 e. The van der Waals surface area contributed by atoms with E-state index >= 15 is 0 Å². The predicted molar refractivity (Wildman–Crippen MR) is 136 cm³/mol. The fourth-order valence-corrected chi connectivity index (χ4v) is 4.88. The van der Waals surface area contributed by atoms with Crippen molar-refractivity contribution in [3.63, 3.8) is 0 Å². The smallest absolute Gasteiger partial charge is 0.0129 e. The summed E-state index contributed by atoms with van der Waals surface area (Å²) in [6, 6.07) is 9.81. The van der Waals surface area contributed by atoms with Crippen molar-refractivity contribution in [2.75, 3.05) is 0 Å². The first kappa shape index (κ1) is 24.7. The van der Waals surface area contributed by atoms with Gasteiger partial charge in [-0.05, 0) is 80.0 Å². The van der Waals surface area contributed by atoms with E-state index in [1.807, 2.05) is 0 Å². The molecule has 2 aromatic rings. The molecule has 0 heterocycles. The quantitative estimate of drug-likeness (QED) is 0.443. The van der Waals surface area contributed by atoms with Crippen molar-refractivity contribution in [2.24, 2.45) is 0 Å². The first-order valence-electron chi connectivity index (χ1n) is 11.6. The van der Waals surface area contributed by atoms with E-state index in [1.165, 1.54) is 44.5 Å². The number of benzene rings is 2. The molecule has 0 aromatic heterocycles. The minimum atomic E-state index is 0.116. The van der Waals surface area contributed by atoms with Gasteiger partial charge in [0.1, 0.15) is 0 Å². The van der Waals surface area contributed by atoms with Crippen molar-refractivity contribution in [1.29, 1.82) is 0 Å². The molecule has 0 unspecified atom stereocenters. The molecule has 0 bridgehead atoms. The maximum absolute atomic E-state index is 2.45. The van der Waals surface area contributed by atoms with E-state index in [-0.39, 0.29) is 21.7 Å². The van der Waals surface area contributed by atoms with Gasteiger partial charge in [0, 0.05) is 0 Å². The first-order chi connectivity index (χ1) is 13.2. The molecule has 0 atom stereocenters. The summed E-state index contributed by atoms with van der Waals surface area (Å²) in [5.41, 5.74) is 11.9. The van der Waals surface area contributed by atoms with Gasteiger partial charge in [0.2, 0.25) is 0 Å². The third kappa shape index (κ3) is 5.01. The summed E-state index contributed by atoms with van der Waals surface area (Å²) in [5, 5.41) is 0. The van der Waals surface area contributed by atoms with Gasteiger partial charge in [0.25, 0.3) is 0 Å². The Morgan fingerprint density at radius 1 is 0.367 bits per heavy atom. The topological polar surface area (TPSA) is 0 Å². The van der Waals surface area contributed by atoms with E-state index in [4.69, 9.17) is 0 Å². The molecule has 0 aliphatic carbocycles. The van der Waals surface area contributed by atoms with Gasteiger partial charge in [-0.25, -0.2) is 0 Å². The highest BCUT2D eigenvalue weighted by Crippen LogP contribution is 2.41. The third-order valence-corrected chi connectivity index (χ3v) is 6.38. The molecule has 0 aliphatic heterocycles. The van der Waals surface area contributed by atoms with Crippen LogP contribution < -0.4 is 0 Å². The van der Waals surface area contributed by atoms with Crippen molar-refractivity contribution in [3.05, 3.63) is 57.6 Å². The molecule has 0 aliphatic rings. The SMILES string of the molecule is Cc1c(C(C)(C)C)cc(-c2cc(C(C)(C)C)c(C)c(C(C)(C)C)c2)cc1C(C)(C)C. The van der Waals surface area contributed by atoms with Crippen LogP contribution in [-0.2, 0) is 21.7 Å². The van der Waals surface area contributed by atoms with Gasteiger partial charge in [0.15, 0.2) is 0 Å². The molecule has 0 nitrogen and oxygen atoms in total. The zero-order chi connectivity index (χ0) is 23.4. The Kier molecular flexibility index (Phi) is 6.21. The summed E-state index contributed by atoms with van der Waals surface area (Å²) in [6.07, 6.45) is 0. The van der Waals surface area contributed by atoms with Crippen molar-refractivity contribution < 1.29 is 0 Å². The van der Waals surface area contributed by atoms with E-state index in [9.17, 15) is 0 Å². The molecule has 30 heavy (non-hydrogen) atoms. The first-order valence-corrected chi connectivity index (χ1v) is 11.6. The minimum absolute atomic E-state index is 0.116. The molecular weight excluding hydrogens is 360 g/mol. The molecule has 0 N–H and O–H groups in total. The molecule has 0 radical (unpaired) electrons. The van der Waals surface area contributed by atoms with Gasteiger partial charge in [-0.15, -0.1) is 0 Å². The third-order valence-electron chi connectivity index (χ3n) is 6.38. The van der Waals surface area contributed by atoms with Crippen molar-refractivity contribution >= 4 is 0 Å². The standard InChI is InChI=1S/C30H46/c1-19-23(27(3,4)5)15-21(16-24(19)28(6,7)8)22-17-25(29(9,10)11)20(2)26(18-22)30(12,13)14/h15-18H,1-14H3. The van der Waals surface area contributed by atoms with Crippen molar-refractivity contribution in [3.8, 4) is 11.1 Å². The second-order valence-electron chi connectivity index (χ2n) is 13.4. The average molecular weight is 407 g/mol. The van der Waals surface area contributed by atoms with Crippen LogP contribution in [-0.4, -0.2) is 0 Å². The highest BCUT2D eigenvalue weighted by molar-refractivity contribution is 5.71. The lowest BCUT2D eigenvalue weighted by molar-refractivity contribution is 0.559. The van der Waals surface area contributed by atoms with E-state index in [0.29, 0.717) is 0 Å². The second-order valence-corrected chi connectivity index (χ2v) is 13.4. The van der Waals surface area contributed by atoms with Gasteiger partial charge < -0.3 is 0 Å². The molecule has 2 aromatic carbocycles. The molecule has 0 saturated heterocycles. The molecule has 0 spiro atoms. The molecule has 166 valence electrons. The van der Waals surface area contributed by atoms with Gasteiger partial charge in [-0.1, -0.05) is 107 Å². The Balaban J connectivity index is 2.97. The van der Waals surface area contributed by atoms with Crippen LogP contribution in [0.15, 0.2) is 24.3 Å². The van der Waals surface area contributed by atoms with Crippen molar-refractivity contribution in [1.82, 2.24) is 0 Å². The van der Waals surface area contributed by atoms with E-state index in [2.05, 4.69) is 121 Å². The van der Waals surface area contributed by atoms with Gasteiger partial charge in [-0.2, -0.15) is 0 Å². The van der Waals surface area contributed by atoms with E-state index in [0.717, 1.165) is 0 Å². The normalized spacial score (nSPS) is 13.7. The molecular formula is C30H46. The molecule has 0 saturated carbocycles. The number of hydrogen-bond acceptors (Lipinski definition) is 0. The Bertz CT molecular complexity index is 776. The lowest BCUT2D eigenvalue weighted by Crippen LogP contribution is -2.21. The average Bonchev–Trinajstić information content (AvgIpc) is 2.50. The Morgan fingerprint density at radius 3 is 0.667 bits per heavy atom. The van der Waals surface area contributed by atoms with Crippen LogP contribution >= 0.6 is 0 Å². The van der Waals surface area contributed by atoms with Gasteiger partial charge in [0.05, 0.1) is 0 Å². The Morgan fingerprint density at radius 2 is 0.533 bits per heavy atom. The highest BCUT2D eigenvalue weighted by atomic mass is 14.3. The second kappa shape index (κ2) is 7.54. The van der Waals surface area contributed by atoms with Crippen LogP contribution in [0.5, 0.6) is 0 Å². The van der Waals surface area contributed by atoms with Crippen LogP contribution in [0, 0.1) is 13.8 Å². The van der Waals surface area contributed by atoms with E-state index in [1.54, 1.807) is 0 Å². The van der Waals surface area contributed by atoms with Crippen LogP contribution in [0.3, 0.4) is 0 Å². The van der Waals surface area contributed by atoms with Crippen LogP contribution in [0.2, 0.25) is 0 Å². The van der Waals surface area contributed by atoms with Crippen LogP contribution in [0.25, 0.3) is 11.1 Å². The zero-order valence-electron chi connectivity index (χ0n) is 22.3. The summed E-state index contributed by atoms with van der Waals surface area (Å²) in [7, 11) is 0. The molecule has 0 heteroatoms. The zero-order valence-corrected chi connectivity index (χ0v) is 22.3. The summed E-state index contributed by atoms with van der Waals surface area (Å²) >= 11 is 0. The lowest BCUT2D eigenvalue weighted by Gasteiger charge is -2.32. The predicted octanol–water partition coefficient (Wildman–Crippen LogP) is 9.16. The number of rotatable bonds is 1. The molecule has 2 rings (SSSR count). The molecule has 0 amide bonds. The summed E-state index contributed by atoms with van der Waals surface area (Å²) in [6.45, 7) is 32.6. The van der Waals surface area contributed by atoms with E-state index < -0.39 is 0 Å². The molecule has 0 fully saturated rings. The maximum atomic E-state index is 2.45. The Hall–Kier alpha value is -1.56. The van der Waals surface area contributed by atoms with Crippen LogP contribution in [0.1, 0.15) is 116 Å². The monoisotopic (exact) mass is 406 g/mol. The van der Waals surface area contributed by atoms with Gasteiger partial charge in [-0.3, -0.25) is 0 Å². The number of hydrogen-bond donors (Lipinski definition) is 0. The van der Waals surface area contributed by atoms with Crippen LogP contribution in [0.4, 0.5) is 0 Å². The fraction of sp³-hybridized carbons (Fsp3) is 0.600. The van der Waals surface area contributed by atoms with Crippen molar-refractivity contribution in [2.45, 2.75) is 119 Å². The summed E-state index contributed by atoms with van der Waals surface area (Å²) in [5.74, 6) is 0. The highest BCUT2D eigenvalue weighted by Gasteiger charge is 2.27. The minimum Gasteiger partial charge on any atom is -0.0561 e. The fourth-order valence-electron chi connectivity index (χ4n) is 4.88. The largest absolute Gasteiger partial charge is 0.0561 e. The summed E-state index contributed by atoms with van der Waals surface area (Å²) < 4.78 is 0. The lowest BCUT2D eigenvalue weighted by atomic mass is 9.73. The summed E-state index contributed by atoms with van der Waals surface area (Å²) in [4.78, 5) is 0.